The maximum absolute atomic E-state index is 12.6. The monoisotopic (exact) mass is 281 g/mol. The third kappa shape index (κ3) is 2.23. The average Bonchev–Trinajstić information content (AvgIpc) is 2.16. The molecule has 1 aromatic rings. The standard InChI is InChI=1S/C8H6BrF2NO3/c1-15-3-2-12-6(8(13)14)4(5(3)9)7(10)11/h2,7H,1H3,(H,13,14). The molecule has 0 fully saturated rings. The maximum atomic E-state index is 12.6. The van der Waals surface area contributed by atoms with E-state index in [4.69, 9.17) is 9.84 Å². The van der Waals surface area contributed by atoms with Crippen LogP contribution in [0.25, 0.3) is 0 Å². The van der Waals surface area contributed by atoms with Crippen LogP contribution in [0.2, 0.25) is 0 Å². The van der Waals surface area contributed by atoms with Gasteiger partial charge in [-0.1, -0.05) is 0 Å². The number of hydrogen-bond acceptors (Lipinski definition) is 3. The van der Waals surface area contributed by atoms with Crippen molar-refractivity contribution in [1.29, 1.82) is 0 Å². The summed E-state index contributed by atoms with van der Waals surface area (Å²) < 4.78 is 29.8. The van der Waals surface area contributed by atoms with Gasteiger partial charge in [0.1, 0.15) is 0 Å². The summed E-state index contributed by atoms with van der Waals surface area (Å²) in [5.74, 6) is -1.44. The van der Waals surface area contributed by atoms with Gasteiger partial charge in [-0.25, -0.2) is 18.6 Å². The first-order valence-electron chi connectivity index (χ1n) is 3.72. The average molecular weight is 282 g/mol. The number of hydrogen-bond donors (Lipinski definition) is 1. The molecular weight excluding hydrogens is 276 g/mol. The number of pyridine rings is 1. The van der Waals surface area contributed by atoms with Crippen molar-refractivity contribution < 1.29 is 23.4 Å². The van der Waals surface area contributed by atoms with Gasteiger partial charge in [0.2, 0.25) is 0 Å². The third-order valence-corrected chi connectivity index (χ3v) is 2.48. The van der Waals surface area contributed by atoms with Crippen molar-refractivity contribution in [1.82, 2.24) is 4.98 Å². The van der Waals surface area contributed by atoms with E-state index in [0.717, 1.165) is 6.20 Å². The van der Waals surface area contributed by atoms with E-state index in [2.05, 4.69) is 20.9 Å². The highest BCUT2D eigenvalue weighted by atomic mass is 79.9. The Hall–Kier alpha value is -1.24. The van der Waals surface area contributed by atoms with E-state index >= 15 is 0 Å². The summed E-state index contributed by atoms with van der Waals surface area (Å²) in [6.07, 6.45) is -1.87. The Morgan fingerprint density at radius 1 is 1.67 bits per heavy atom. The van der Waals surface area contributed by atoms with Crippen molar-refractivity contribution in [2.75, 3.05) is 7.11 Å². The zero-order chi connectivity index (χ0) is 11.6. The Bertz CT molecular complexity index is 398. The van der Waals surface area contributed by atoms with E-state index in [-0.39, 0.29) is 10.2 Å². The molecule has 0 radical (unpaired) electrons. The molecule has 0 aromatic carbocycles. The summed E-state index contributed by atoms with van der Waals surface area (Å²) in [7, 11) is 1.28. The van der Waals surface area contributed by atoms with Gasteiger partial charge < -0.3 is 9.84 Å². The fourth-order valence-corrected chi connectivity index (χ4v) is 1.62. The molecule has 0 spiro atoms. The van der Waals surface area contributed by atoms with Crippen LogP contribution in [0.1, 0.15) is 22.5 Å². The lowest BCUT2D eigenvalue weighted by Gasteiger charge is -2.10. The molecule has 1 heterocycles. The summed E-state index contributed by atoms with van der Waals surface area (Å²) in [4.78, 5) is 14.0. The molecule has 0 aliphatic heterocycles. The number of carbonyl (C=O) groups is 1. The maximum Gasteiger partial charge on any atom is 0.355 e. The summed E-state index contributed by atoms with van der Waals surface area (Å²) in [6.45, 7) is 0. The van der Waals surface area contributed by atoms with Gasteiger partial charge in [-0.3, -0.25) is 0 Å². The first kappa shape index (κ1) is 11.8. The van der Waals surface area contributed by atoms with Gasteiger partial charge >= 0.3 is 5.97 Å². The van der Waals surface area contributed by atoms with Crippen LogP contribution in [0.15, 0.2) is 10.7 Å². The second-order valence-corrected chi connectivity index (χ2v) is 3.30. The van der Waals surface area contributed by atoms with Crippen molar-refractivity contribution in [3.8, 4) is 5.75 Å². The normalized spacial score (nSPS) is 10.5. The molecule has 15 heavy (non-hydrogen) atoms. The number of rotatable bonds is 3. The Kier molecular flexibility index (Phi) is 3.57. The minimum atomic E-state index is -2.94. The first-order valence-corrected chi connectivity index (χ1v) is 4.52. The Morgan fingerprint density at radius 3 is 2.67 bits per heavy atom. The number of nitrogens with zero attached hydrogens (tertiary/aromatic N) is 1. The SMILES string of the molecule is COc1cnc(C(=O)O)c(C(F)F)c1Br. The van der Waals surface area contributed by atoms with Crippen LogP contribution in [0.5, 0.6) is 5.75 Å². The Morgan fingerprint density at radius 2 is 2.27 bits per heavy atom. The third-order valence-electron chi connectivity index (χ3n) is 1.66. The lowest BCUT2D eigenvalue weighted by Crippen LogP contribution is -2.08. The first-order chi connectivity index (χ1) is 6.99. The second kappa shape index (κ2) is 4.52. The number of carboxylic acids is 1. The van der Waals surface area contributed by atoms with Crippen molar-refractivity contribution >= 4 is 21.9 Å². The van der Waals surface area contributed by atoms with E-state index < -0.39 is 23.7 Å². The molecule has 0 unspecified atom stereocenters. The van der Waals surface area contributed by atoms with Crippen LogP contribution >= 0.6 is 15.9 Å². The van der Waals surface area contributed by atoms with Gasteiger partial charge in [0.25, 0.3) is 6.43 Å². The molecule has 0 amide bonds. The van der Waals surface area contributed by atoms with Crippen LogP contribution in [0, 0.1) is 0 Å². The predicted octanol–water partition coefficient (Wildman–Crippen LogP) is 2.49. The largest absolute Gasteiger partial charge is 0.494 e. The van der Waals surface area contributed by atoms with Gasteiger partial charge in [-0.2, -0.15) is 0 Å². The van der Waals surface area contributed by atoms with Crippen LogP contribution < -0.4 is 4.74 Å². The van der Waals surface area contributed by atoms with Crippen LogP contribution in [-0.2, 0) is 0 Å². The molecule has 82 valence electrons. The summed E-state index contributed by atoms with van der Waals surface area (Å²) in [5.41, 5.74) is -1.36. The molecular formula is C8H6BrF2NO3. The topological polar surface area (TPSA) is 59.4 Å². The van der Waals surface area contributed by atoms with Gasteiger partial charge in [0.15, 0.2) is 11.4 Å². The summed E-state index contributed by atoms with van der Waals surface area (Å²) >= 11 is 2.85. The minimum absolute atomic E-state index is 0.0651. The van der Waals surface area contributed by atoms with Gasteiger partial charge in [-0.15, -0.1) is 0 Å². The van der Waals surface area contributed by atoms with E-state index in [9.17, 15) is 13.6 Å². The molecule has 0 saturated carbocycles. The number of ether oxygens (including phenoxy) is 1. The van der Waals surface area contributed by atoms with Crippen LogP contribution in [0.3, 0.4) is 0 Å². The highest BCUT2D eigenvalue weighted by Crippen LogP contribution is 2.35. The Balaban J connectivity index is 3.44. The van der Waals surface area contributed by atoms with Crippen molar-refractivity contribution in [2.45, 2.75) is 6.43 Å². The van der Waals surface area contributed by atoms with Crippen LogP contribution in [0.4, 0.5) is 8.78 Å². The Labute approximate surface area is 92.0 Å². The summed E-state index contributed by atoms with van der Waals surface area (Å²) in [6, 6.07) is 0. The van der Waals surface area contributed by atoms with Crippen molar-refractivity contribution in [3.05, 3.63) is 21.9 Å². The van der Waals surface area contributed by atoms with Gasteiger partial charge in [0, 0.05) is 0 Å². The lowest BCUT2D eigenvalue weighted by atomic mass is 10.2. The number of halogens is 3. The summed E-state index contributed by atoms with van der Waals surface area (Å²) in [5, 5.41) is 8.65. The van der Waals surface area contributed by atoms with E-state index in [1.54, 1.807) is 0 Å². The number of aromatic carboxylic acids is 1. The number of carboxylic acid groups (broad SMARTS) is 1. The molecule has 0 atom stereocenters. The fraction of sp³-hybridized carbons (Fsp3) is 0.250. The smallest absolute Gasteiger partial charge is 0.355 e. The quantitative estimate of drug-likeness (QED) is 0.925. The van der Waals surface area contributed by atoms with E-state index in [1.807, 2.05) is 0 Å². The zero-order valence-corrected chi connectivity index (χ0v) is 9.09. The number of alkyl halides is 2. The zero-order valence-electron chi connectivity index (χ0n) is 7.50. The lowest BCUT2D eigenvalue weighted by molar-refractivity contribution is 0.0676. The van der Waals surface area contributed by atoms with Gasteiger partial charge in [-0.05, 0) is 15.9 Å². The molecule has 0 aliphatic carbocycles. The predicted molar refractivity (Wildman–Crippen MR) is 50.4 cm³/mol. The molecule has 0 aliphatic rings. The highest BCUT2D eigenvalue weighted by Gasteiger charge is 2.25. The minimum Gasteiger partial charge on any atom is -0.494 e. The van der Waals surface area contributed by atoms with E-state index in [1.165, 1.54) is 7.11 Å². The molecule has 4 nitrogen and oxygen atoms in total. The molecule has 0 bridgehead atoms. The molecule has 7 heteroatoms. The molecule has 0 saturated heterocycles. The van der Waals surface area contributed by atoms with Crippen LogP contribution in [-0.4, -0.2) is 23.2 Å². The van der Waals surface area contributed by atoms with Gasteiger partial charge in [0.05, 0.1) is 23.3 Å². The molecule has 1 rings (SSSR count). The van der Waals surface area contributed by atoms with Crippen molar-refractivity contribution in [3.63, 3.8) is 0 Å². The fourth-order valence-electron chi connectivity index (χ4n) is 0.998. The van der Waals surface area contributed by atoms with E-state index in [0.29, 0.717) is 0 Å². The second-order valence-electron chi connectivity index (χ2n) is 2.51. The number of aromatic nitrogens is 1. The number of methoxy groups -OCH3 is 1. The molecule has 1 N–H and O–H groups in total. The highest BCUT2D eigenvalue weighted by molar-refractivity contribution is 9.10. The van der Waals surface area contributed by atoms with Crippen molar-refractivity contribution in [2.24, 2.45) is 0 Å². The molecule has 1 aromatic heterocycles.